The second-order valence-corrected chi connectivity index (χ2v) is 8.33. The molecule has 0 atom stereocenters. The molecule has 2 aromatic carbocycles. The molecule has 31 heavy (non-hydrogen) atoms. The highest BCUT2D eigenvalue weighted by Crippen LogP contribution is 2.27. The molecule has 4 aromatic rings. The number of para-hydroxylation sites is 1. The van der Waals surface area contributed by atoms with Crippen molar-refractivity contribution in [2.24, 2.45) is 0 Å². The van der Waals surface area contributed by atoms with E-state index in [2.05, 4.69) is 88.8 Å². The molecule has 0 fully saturated rings. The van der Waals surface area contributed by atoms with Crippen molar-refractivity contribution < 1.29 is 0 Å². The average Bonchev–Trinajstić information content (AvgIpc) is 3.15. The van der Waals surface area contributed by atoms with Gasteiger partial charge in [-0.1, -0.05) is 48.5 Å². The topological polar surface area (TPSA) is 58.0 Å². The highest BCUT2D eigenvalue weighted by molar-refractivity contribution is 5.82. The largest absolute Gasteiger partial charge is 0.366 e. The number of anilines is 1. The standard InChI is InChI=1S/C25H28N6/c1-30(2)17-20-14-19-10-6-7-11-23(19)31(20)25-28-22-12-13-26-16-21(22)24(29-25)27-15-18-8-4-3-5-9-18/h3-11,14,26H,12-13,15-17H2,1-2H3,(H,27,28,29). The monoisotopic (exact) mass is 412 g/mol. The van der Waals surface area contributed by atoms with Crippen LogP contribution >= 0.6 is 0 Å². The van der Waals surface area contributed by atoms with Gasteiger partial charge in [0.1, 0.15) is 5.82 Å². The fourth-order valence-corrected chi connectivity index (χ4v) is 4.25. The van der Waals surface area contributed by atoms with Crippen molar-refractivity contribution in [1.29, 1.82) is 0 Å². The van der Waals surface area contributed by atoms with E-state index in [1.165, 1.54) is 22.2 Å². The lowest BCUT2D eigenvalue weighted by molar-refractivity contribution is 0.394. The molecule has 2 N–H and O–H groups in total. The maximum absolute atomic E-state index is 5.04. The molecule has 3 heterocycles. The first-order valence-electron chi connectivity index (χ1n) is 10.8. The molecule has 0 amide bonds. The first-order valence-corrected chi connectivity index (χ1v) is 10.8. The third kappa shape index (κ3) is 4.04. The summed E-state index contributed by atoms with van der Waals surface area (Å²) < 4.78 is 2.21. The Morgan fingerprint density at radius 2 is 1.84 bits per heavy atom. The number of nitrogens with zero attached hydrogens (tertiary/aromatic N) is 4. The van der Waals surface area contributed by atoms with Crippen molar-refractivity contribution in [1.82, 2.24) is 24.8 Å². The van der Waals surface area contributed by atoms with E-state index in [1.54, 1.807) is 0 Å². The maximum Gasteiger partial charge on any atom is 0.236 e. The van der Waals surface area contributed by atoms with Gasteiger partial charge in [0.05, 0.1) is 11.2 Å². The third-order valence-electron chi connectivity index (χ3n) is 5.69. The van der Waals surface area contributed by atoms with Gasteiger partial charge in [0.15, 0.2) is 0 Å². The van der Waals surface area contributed by atoms with Crippen LogP contribution in [0.1, 0.15) is 22.5 Å². The summed E-state index contributed by atoms with van der Waals surface area (Å²) >= 11 is 0. The molecule has 6 nitrogen and oxygen atoms in total. The number of hydrogen-bond donors (Lipinski definition) is 2. The molecule has 5 rings (SSSR count). The third-order valence-corrected chi connectivity index (χ3v) is 5.69. The van der Waals surface area contributed by atoms with Gasteiger partial charge in [-0.2, -0.15) is 4.98 Å². The SMILES string of the molecule is CN(C)Cc1cc2ccccc2n1-c1nc2c(c(NCc3ccccc3)n1)CNCC2. The number of benzene rings is 2. The Balaban J connectivity index is 1.61. The van der Waals surface area contributed by atoms with Crippen LogP contribution in [0.3, 0.4) is 0 Å². The van der Waals surface area contributed by atoms with Gasteiger partial charge in [-0.25, -0.2) is 4.98 Å². The minimum atomic E-state index is 0.737. The number of hydrogen-bond acceptors (Lipinski definition) is 5. The lowest BCUT2D eigenvalue weighted by Gasteiger charge is -2.22. The lowest BCUT2D eigenvalue weighted by Crippen LogP contribution is -2.27. The molecule has 0 saturated carbocycles. The minimum absolute atomic E-state index is 0.737. The molecule has 0 spiro atoms. The molecule has 6 heteroatoms. The van der Waals surface area contributed by atoms with E-state index in [4.69, 9.17) is 9.97 Å². The Morgan fingerprint density at radius 3 is 2.68 bits per heavy atom. The normalized spacial score (nSPS) is 13.5. The van der Waals surface area contributed by atoms with Gasteiger partial charge in [-0.05, 0) is 31.8 Å². The van der Waals surface area contributed by atoms with Gasteiger partial charge in [0, 0.05) is 49.2 Å². The van der Waals surface area contributed by atoms with E-state index < -0.39 is 0 Å². The molecular formula is C25H28N6. The van der Waals surface area contributed by atoms with Crippen molar-refractivity contribution in [2.45, 2.75) is 26.1 Å². The first kappa shape index (κ1) is 19.7. The Labute approximate surface area is 182 Å². The van der Waals surface area contributed by atoms with Gasteiger partial charge < -0.3 is 15.5 Å². The van der Waals surface area contributed by atoms with Gasteiger partial charge in [0.25, 0.3) is 0 Å². The zero-order valence-corrected chi connectivity index (χ0v) is 18.1. The Morgan fingerprint density at radius 1 is 1.03 bits per heavy atom. The highest BCUT2D eigenvalue weighted by Gasteiger charge is 2.20. The summed E-state index contributed by atoms with van der Waals surface area (Å²) in [6.07, 6.45) is 0.910. The molecular weight excluding hydrogens is 384 g/mol. The van der Waals surface area contributed by atoms with Gasteiger partial charge in [-0.15, -0.1) is 0 Å². The van der Waals surface area contributed by atoms with Crippen molar-refractivity contribution in [2.75, 3.05) is 26.0 Å². The summed E-state index contributed by atoms with van der Waals surface area (Å²) in [7, 11) is 4.18. The van der Waals surface area contributed by atoms with Crippen molar-refractivity contribution in [3.8, 4) is 5.95 Å². The van der Waals surface area contributed by atoms with Gasteiger partial charge >= 0.3 is 0 Å². The summed E-state index contributed by atoms with van der Waals surface area (Å²) in [6, 6.07) is 21.2. The van der Waals surface area contributed by atoms with Crippen molar-refractivity contribution >= 4 is 16.7 Å². The summed E-state index contributed by atoms with van der Waals surface area (Å²) in [6.45, 7) is 3.30. The van der Waals surface area contributed by atoms with Gasteiger partial charge in [0.2, 0.25) is 5.95 Å². The van der Waals surface area contributed by atoms with E-state index in [9.17, 15) is 0 Å². The summed E-state index contributed by atoms with van der Waals surface area (Å²) in [5, 5.41) is 8.26. The zero-order chi connectivity index (χ0) is 21.2. The lowest BCUT2D eigenvalue weighted by atomic mass is 10.1. The van der Waals surface area contributed by atoms with E-state index in [0.29, 0.717) is 0 Å². The fraction of sp³-hybridized carbons (Fsp3) is 0.280. The quantitative estimate of drug-likeness (QED) is 0.505. The van der Waals surface area contributed by atoms with Crippen LogP contribution in [0.2, 0.25) is 0 Å². The smallest absolute Gasteiger partial charge is 0.236 e. The molecule has 1 aliphatic rings. The number of fused-ring (bicyclic) bond motifs is 2. The van der Waals surface area contributed by atoms with Crippen LogP contribution in [0.15, 0.2) is 60.7 Å². The average molecular weight is 413 g/mol. The molecule has 1 aliphatic heterocycles. The molecule has 158 valence electrons. The molecule has 0 radical (unpaired) electrons. The Hall–Kier alpha value is -3.22. The molecule has 0 saturated heterocycles. The Bertz CT molecular complexity index is 1200. The zero-order valence-electron chi connectivity index (χ0n) is 18.1. The molecule has 0 bridgehead atoms. The van der Waals surface area contributed by atoms with Crippen LogP contribution in [0.5, 0.6) is 0 Å². The first-order chi connectivity index (χ1) is 15.2. The number of rotatable bonds is 6. The van der Waals surface area contributed by atoms with E-state index in [-0.39, 0.29) is 0 Å². The highest BCUT2D eigenvalue weighted by atomic mass is 15.2. The number of aromatic nitrogens is 3. The van der Waals surface area contributed by atoms with Crippen LogP contribution in [-0.2, 0) is 26.1 Å². The van der Waals surface area contributed by atoms with Crippen molar-refractivity contribution in [3.63, 3.8) is 0 Å². The summed E-state index contributed by atoms with van der Waals surface area (Å²) in [5.74, 6) is 1.67. The summed E-state index contributed by atoms with van der Waals surface area (Å²) in [4.78, 5) is 12.3. The van der Waals surface area contributed by atoms with E-state index in [1.807, 2.05) is 6.07 Å². The van der Waals surface area contributed by atoms with Crippen LogP contribution in [0.25, 0.3) is 16.9 Å². The number of nitrogens with one attached hydrogen (secondary N) is 2. The fourth-order valence-electron chi connectivity index (χ4n) is 4.25. The Kier molecular flexibility index (Phi) is 5.40. The molecule has 0 unspecified atom stereocenters. The van der Waals surface area contributed by atoms with Crippen LogP contribution in [0.4, 0.5) is 5.82 Å². The summed E-state index contributed by atoms with van der Waals surface area (Å²) in [5.41, 5.74) is 5.88. The van der Waals surface area contributed by atoms with Gasteiger partial charge in [-0.3, -0.25) is 4.57 Å². The van der Waals surface area contributed by atoms with Crippen LogP contribution in [-0.4, -0.2) is 40.1 Å². The van der Waals surface area contributed by atoms with Crippen LogP contribution in [0, 0.1) is 0 Å². The predicted octanol–water partition coefficient (Wildman–Crippen LogP) is 3.74. The molecule has 2 aromatic heterocycles. The van der Waals surface area contributed by atoms with Crippen LogP contribution < -0.4 is 10.6 Å². The maximum atomic E-state index is 5.04. The predicted molar refractivity (Wildman–Crippen MR) is 125 cm³/mol. The van der Waals surface area contributed by atoms with E-state index in [0.717, 1.165) is 55.6 Å². The van der Waals surface area contributed by atoms with Crippen molar-refractivity contribution in [3.05, 3.63) is 83.2 Å². The minimum Gasteiger partial charge on any atom is -0.366 e. The second kappa shape index (κ2) is 8.49. The van der Waals surface area contributed by atoms with E-state index >= 15 is 0 Å². The second-order valence-electron chi connectivity index (χ2n) is 8.33. The molecule has 0 aliphatic carbocycles.